The number of ether oxygens (including phenoxy) is 1. The van der Waals surface area contributed by atoms with Gasteiger partial charge in [0.1, 0.15) is 6.04 Å². The van der Waals surface area contributed by atoms with Crippen LogP contribution in [0.2, 0.25) is 0 Å². The highest BCUT2D eigenvalue weighted by Gasteiger charge is 2.18. The first-order chi connectivity index (χ1) is 8.13. The average molecular weight is 243 g/mol. The molecule has 17 heavy (non-hydrogen) atoms. The first kappa shape index (κ1) is 13.9. The average Bonchev–Trinajstić information content (AvgIpc) is 2.56. The summed E-state index contributed by atoms with van der Waals surface area (Å²) in [6, 6.07) is -0.586. The molecule has 6 heteroatoms. The van der Waals surface area contributed by atoms with E-state index in [1.807, 2.05) is 0 Å². The Labute approximate surface area is 102 Å². The predicted octanol–water partition coefficient (Wildman–Crippen LogP) is -1.04. The van der Waals surface area contributed by atoms with E-state index >= 15 is 0 Å². The molecule has 0 bridgehead atoms. The maximum atomic E-state index is 11.7. The minimum absolute atomic E-state index is 0.134. The van der Waals surface area contributed by atoms with Gasteiger partial charge in [0.2, 0.25) is 5.91 Å². The summed E-state index contributed by atoms with van der Waals surface area (Å²) in [5.74, 6) is -0.555. The van der Waals surface area contributed by atoms with Crippen LogP contribution >= 0.6 is 0 Å². The van der Waals surface area contributed by atoms with Gasteiger partial charge >= 0.3 is 5.97 Å². The first-order valence-corrected chi connectivity index (χ1v) is 5.93. The number of rotatable bonds is 4. The summed E-state index contributed by atoms with van der Waals surface area (Å²) in [5, 5.41) is 5.89. The number of methoxy groups -OCH3 is 1. The molecule has 2 N–H and O–H groups in total. The maximum absolute atomic E-state index is 11.7. The van der Waals surface area contributed by atoms with E-state index in [0.29, 0.717) is 6.54 Å². The van der Waals surface area contributed by atoms with Crippen LogP contribution in [0, 0.1) is 0 Å². The fraction of sp³-hybridized carbons (Fsp3) is 0.818. The smallest absolute Gasteiger partial charge is 0.328 e. The molecule has 1 heterocycles. The molecule has 0 saturated carbocycles. The highest BCUT2D eigenvalue weighted by molar-refractivity contribution is 5.85. The van der Waals surface area contributed by atoms with Crippen molar-refractivity contribution in [3.8, 4) is 0 Å². The number of hydrogen-bond acceptors (Lipinski definition) is 5. The van der Waals surface area contributed by atoms with Crippen molar-refractivity contribution in [3.63, 3.8) is 0 Å². The summed E-state index contributed by atoms with van der Waals surface area (Å²) in [4.78, 5) is 24.9. The number of carbonyl (C=O) groups is 2. The van der Waals surface area contributed by atoms with Gasteiger partial charge in [-0.25, -0.2) is 4.79 Å². The Morgan fingerprint density at radius 3 is 2.88 bits per heavy atom. The molecule has 1 saturated heterocycles. The van der Waals surface area contributed by atoms with Crippen LogP contribution in [0.4, 0.5) is 0 Å². The fourth-order valence-corrected chi connectivity index (χ4v) is 1.79. The van der Waals surface area contributed by atoms with Gasteiger partial charge in [-0.15, -0.1) is 0 Å². The number of nitrogens with zero attached hydrogens (tertiary/aromatic N) is 1. The van der Waals surface area contributed by atoms with Crippen molar-refractivity contribution in [1.29, 1.82) is 0 Å². The molecule has 98 valence electrons. The van der Waals surface area contributed by atoms with E-state index in [2.05, 4.69) is 20.3 Å². The molecule has 0 radical (unpaired) electrons. The molecule has 0 aromatic heterocycles. The predicted molar refractivity (Wildman–Crippen MR) is 63.5 cm³/mol. The van der Waals surface area contributed by atoms with Crippen LogP contribution in [-0.2, 0) is 14.3 Å². The number of carbonyl (C=O) groups excluding carboxylic acids is 2. The van der Waals surface area contributed by atoms with Gasteiger partial charge in [0.25, 0.3) is 0 Å². The van der Waals surface area contributed by atoms with Gasteiger partial charge in [0.05, 0.1) is 13.7 Å². The quantitative estimate of drug-likeness (QED) is 0.617. The summed E-state index contributed by atoms with van der Waals surface area (Å²) in [6.45, 7) is 5.63. The number of nitrogens with one attached hydrogen (secondary N) is 2. The van der Waals surface area contributed by atoms with E-state index in [4.69, 9.17) is 0 Å². The van der Waals surface area contributed by atoms with Crippen molar-refractivity contribution in [1.82, 2.24) is 15.5 Å². The van der Waals surface area contributed by atoms with Gasteiger partial charge in [-0.2, -0.15) is 0 Å². The van der Waals surface area contributed by atoms with E-state index < -0.39 is 12.0 Å². The maximum Gasteiger partial charge on any atom is 0.328 e. The Hall–Kier alpha value is -1.14. The van der Waals surface area contributed by atoms with Gasteiger partial charge in [-0.05, 0) is 26.4 Å². The van der Waals surface area contributed by atoms with Crippen molar-refractivity contribution in [2.24, 2.45) is 0 Å². The molecule has 0 unspecified atom stereocenters. The number of amides is 1. The molecule has 1 fully saturated rings. The standard InChI is InChI=1S/C11H21N3O3/c1-9(11(16)17-2)13-10(15)8-14-6-3-4-12-5-7-14/h9,12H,3-8H2,1-2H3,(H,13,15)/t9-/m0/s1. The lowest BCUT2D eigenvalue weighted by molar-refractivity contribution is -0.144. The molecule has 6 nitrogen and oxygen atoms in total. The van der Waals surface area contributed by atoms with Gasteiger partial charge in [-0.3, -0.25) is 9.69 Å². The summed E-state index contributed by atoms with van der Waals surface area (Å²) >= 11 is 0. The zero-order chi connectivity index (χ0) is 12.7. The van der Waals surface area contributed by atoms with Crippen LogP contribution < -0.4 is 10.6 Å². The minimum Gasteiger partial charge on any atom is -0.467 e. The summed E-state index contributed by atoms with van der Waals surface area (Å²) < 4.78 is 4.55. The number of esters is 1. The third-order valence-electron chi connectivity index (χ3n) is 2.73. The second-order valence-electron chi connectivity index (χ2n) is 4.19. The van der Waals surface area contributed by atoms with Crippen molar-refractivity contribution in [2.75, 3.05) is 39.8 Å². The second kappa shape index (κ2) is 7.24. The monoisotopic (exact) mass is 243 g/mol. The van der Waals surface area contributed by atoms with Crippen LogP contribution in [0.25, 0.3) is 0 Å². The molecule has 1 aliphatic heterocycles. The van der Waals surface area contributed by atoms with E-state index in [0.717, 1.165) is 32.6 Å². The van der Waals surface area contributed by atoms with Crippen molar-refractivity contribution >= 4 is 11.9 Å². The van der Waals surface area contributed by atoms with E-state index in [9.17, 15) is 9.59 Å². The van der Waals surface area contributed by atoms with Crippen molar-refractivity contribution in [3.05, 3.63) is 0 Å². The minimum atomic E-state index is -0.586. The van der Waals surface area contributed by atoms with Crippen LogP contribution in [0.5, 0.6) is 0 Å². The molecule has 0 aromatic carbocycles. The lowest BCUT2D eigenvalue weighted by atomic mass is 10.3. The van der Waals surface area contributed by atoms with Crippen LogP contribution in [-0.4, -0.2) is 62.7 Å². The Bertz CT molecular complexity index is 263. The van der Waals surface area contributed by atoms with Crippen molar-refractivity contribution < 1.29 is 14.3 Å². The third-order valence-corrected chi connectivity index (χ3v) is 2.73. The van der Waals surface area contributed by atoms with E-state index in [1.54, 1.807) is 6.92 Å². The molecular weight excluding hydrogens is 222 g/mol. The zero-order valence-electron chi connectivity index (χ0n) is 10.5. The first-order valence-electron chi connectivity index (χ1n) is 5.93. The lowest BCUT2D eigenvalue weighted by Crippen LogP contribution is -2.45. The lowest BCUT2D eigenvalue weighted by Gasteiger charge is -2.20. The van der Waals surface area contributed by atoms with Gasteiger partial charge in [0, 0.05) is 13.1 Å². The summed E-state index contributed by atoms with van der Waals surface area (Å²) in [5.41, 5.74) is 0. The third kappa shape index (κ3) is 5.14. The van der Waals surface area contributed by atoms with E-state index in [-0.39, 0.29) is 5.91 Å². The Balaban J connectivity index is 2.30. The van der Waals surface area contributed by atoms with Gasteiger partial charge in [-0.1, -0.05) is 0 Å². The molecule has 0 spiro atoms. The zero-order valence-corrected chi connectivity index (χ0v) is 10.5. The molecule has 1 aliphatic rings. The highest BCUT2D eigenvalue weighted by Crippen LogP contribution is 1.95. The van der Waals surface area contributed by atoms with Crippen LogP contribution in [0.3, 0.4) is 0 Å². The molecule has 0 aliphatic carbocycles. The van der Waals surface area contributed by atoms with Gasteiger partial charge < -0.3 is 15.4 Å². The molecule has 1 atom stereocenters. The second-order valence-corrected chi connectivity index (χ2v) is 4.19. The van der Waals surface area contributed by atoms with Crippen molar-refractivity contribution in [2.45, 2.75) is 19.4 Å². The molecule has 1 amide bonds. The molecular formula is C11H21N3O3. The summed E-state index contributed by atoms with van der Waals surface area (Å²) in [7, 11) is 1.31. The fourth-order valence-electron chi connectivity index (χ4n) is 1.79. The Kier molecular flexibility index (Phi) is 5.93. The SMILES string of the molecule is COC(=O)[C@H](C)NC(=O)CN1CCCNCC1. The highest BCUT2D eigenvalue weighted by atomic mass is 16.5. The topological polar surface area (TPSA) is 70.7 Å². The van der Waals surface area contributed by atoms with Crippen LogP contribution in [0.15, 0.2) is 0 Å². The van der Waals surface area contributed by atoms with Crippen LogP contribution in [0.1, 0.15) is 13.3 Å². The Morgan fingerprint density at radius 2 is 2.18 bits per heavy atom. The molecule has 0 aromatic rings. The molecule has 1 rings (SSSR count). The van der Waals surface area contributed by atoms with E-state index in [1.165, 1.54) is 7.11 Å². The Morgan fingerprint density at radius 1 is 1.41 bits per heavy atom. The van der Waals surface area contributed by atoms with Gasteiger partial charge in [0.15, 0.2) is 0 Å². The summed E-state index contributed by atoms with van der Waals surface area (Å²) in [6.07, 6.45) is 1.04. The number of hydrogen-bond donors (Lipinski definition) is 2. The largest absolute Gasteiger partial charge is 0.467 e. The normalized spacial score (nSPS) is 19.2.